The highest BCUT2D eigenvalue weighted by atomic mass is 16.4. The number of nitrogens with two attached hydrogens (primary N) is 1. The van der Waals surface area contributed by atoms with E-state index in [0.717, 1.165) is 38.9 Å². The van der Waals surface area contributed by atoms with Crippen molar-refractivity contribution in [2.75, 3.05) is 33.2 Å². The van der Waals surface area contributed by atoms with Gasteiger partial charge in [0.2, 0.25) is 0 Å². The van der Waals surface area contributed by atoms with Crippen LogP contribution in [0.3, 0.4) is 0 Å². The lowest BCUT2D eigenvalue weighted by atomic mass is 10.4. The van der Waals surface area contributed by atoms with Crippen molar-refractivity contribution in [2.24, 2.45) is 5.73 Å². The van der Waals surface area contributed by atoms with Crippen LogP contribution in [0.25, 0.3) is 0 Å². The standard InChI is InChI=1S/C7H15NO2.C5H10N2O/c1-3-5-8(2)6-4-7(9)10;6-5(8)7-3-1-2-4-7/h3-6H2,1-2H3,(H,9,10);1-4H2,(H2,6,8). The van der Waals surface area contributed by atoms with Crippen LogP contribution in [-0.4, -0.2) is 60.1 Å². The van der Waals surface area contributed by atoms with Gasteiger partial charge in [-0.1, -0.05) is 6.92 Å². The normalized spacial score (nSPS) is 14.3. The predicted molar refractivity (Wildman–Crippen MR) is 70.4 cm³/mol. The Kier molecular flexibility index (Phi) is 9.00. The molecule has 1 fully saturated rings. The number of likely N-dealkylation sites (tertiary alicyclic amines) is 1. The van der Waals surface area contributed by atoms with Crippen LogP contribution in [-0.2, 0) is 4.79 Å². The summed E-state index contributed by atoms with van der Waals surface area (Å²) in [5, 5.41) is 8.30. The van der Waals surface area contributed by atoms with Gasteiger partial charge in [-0.15, -0.1) is 0 Å². The molecule has 0 bridgehead atoms. The Hall–Kier alpha value is -1.30. The zero-order valence-corrected chi connectivity index (χ0v) is 11.4. The van der Waals surface area contributed by atoms with Gasteiger partial charge in [0.05, 0.1) is 6.42 Å². The molecule has 1 aliphatic rings. The van der Waals surface area contributed by atoms with E-state index in [1.54, 1.807) is 4.90 Å². The molecule has 0 radical (unpaired) electrons. The minimum absolute atomic E-state index is 0.247. The summed E-state index contributed by atoms with van der Waals surface area (Å²) in [5.74, 6) is -0.719. The maximum absolute atomic E-state index is 10.3. The molecule has 2 amide bonds. The monoisotopic (exact) mass is 259 g/mol. The molecule has 106 valence electrons. The van der Waals surface area contributed by atoms with E-state index in [0.29, 0.717) is 6.54 Å². The minimum Gasteiger partial charge on any atom is -0.481 e. The molecule has 1 rings (SSSR count). The second-order valence-electron chi connectivity index (χ2n) is 4.48. The van der Waals surface area contributed by atoms with Crippen molar-refractivity contribution in [1.82, 2.24) is 9.80 Å². The Labute approximate surface area is 109 Å². The molecule has 0 aromatic heterocycles. The smallest absolute Gasteiger partial charge is 0.314 e. The molecule has 1 aliphatic heterocycles. The Balaban J connectivity index is 0.000000327. The highest BCUT2D eigenvalue weighted by molar-refractivity contribution is 5.72. The molecular formula is C12H25N3O3. The molecule has 0 spiro atoms. The fraction of sp³-hybridized carbons (Fsp3) is 0.833. The molecule has 0 unspecified atom stereocenters. The van der Waals surface area contributed by atoms with E-state index in [-0.39, 0.29) is 12.5 Å². The third-order valence-corrected chi connectivity index (χ3v) is 2.73. The molecule has 6 nitrogen and oxygen atoms in total. The summed E-state index contributed by atoms with van der Waals surface area (Å²) in [6.45, 7) is 5.43. The summed E-state index contributed by atoms with van der Waals surface area (Å²) in [4.78, 5) is 24.1. The Bertz CT molecular complexity index is 253. The van der Waals surface area contributed by atoms with Gasteiger partial charge in [0.15, 0.2) is 0 Å². The first kappa shape index (κ1) is 16.7. The number of aliphatic carboxylic acids is 1. The molecule has 0 aromatic carbocycles. The molecule has 18 heavy (non-hydrogen) atoms. The van der Waals surface area contributed by atoms with E-state index in [9.17, 15) is 9.59 Å². The zero-order chi connectivity index (χ0) is 14.0. The number of carbonyl (C=O) groups is 2. The maximum atomic E-state index is 10.3. The van der Waals surface area contributed by atoms with Gasteiger partial charge in [-0.25, -0.2) is 4.79 Å². The number of hydrogen-bond donors (Lipinski definition) is 2. The third-order valence-electron chi connectivity index (χ3n) is 2.73. The minimum atomic E-state index is -0.719. The lowest BCUT2D eigenvalue weighted by Crippen LogP contribution is -2.32. The van der Waals surface area contributed by atoms with Gasteiger partial charge in [0, 0.05) is 19.6 Å². The number of carbonyl (C=O) groups excluding carboxylic acids is 1. The number of urea groups is 1. The van der Waals surface area contributed by atoms with Gasteiger partial charge in [0.25, 0.3) is 0 Å². The van der Waals surface area contributed by atoms with Crippen LogP contribution in [0.1, 0.15) is 32.6 Å². The predicted octanol–water partition coefficient (Wildman–Crippen LogP) is 0.964. The third kappa shape index (κ3) is 8.81. The highest BCUT2D eigenvalue weighted by Gasteiger charge is 2.13. The topological polar surface area (TPSA) is 86.9 Å². The number of rotatable bonds is 5. The number of hydrogen-bond acceptors (Lipinski definition) is 3. The van der Waals surface area contributed by atoms with Gasteiger partial charge >= 0.3 is 12.0 Å². The molecular weight excluding hydrogens is 234 g/mol. The first-order valence-corrected chi connectivity index (χ1v) is 6.42. The molecule has 0 aliphatic carbocycles. The molecule has 6 heteroatoms. The van der Waals surface area contributed by atoms with Gasteiger partial charge in [-0.05, 0) is 32.9 Å². The summed E-state index contributed by atoms with van der Waals surface area (Å²) in [6.07, 6.45) is 3.55. The Morgan fingerprint density at radius 3 is 2.17 bits per heavy atom. The largest absolute Gasteiger partial charge is 0.481 e. The number of amides is 2. The summed E-state index contributed by atoms with van der Waals surface area (Å²) in [6, 6.07) is -0.275. The van der Waals surface area contributed by atoms with E-state index in [1.165, 1.54) is 0 Å². The summed E-state index contributed by atoms with van der Waals surface area (Å²) < 4.78 is 0. The Morgan fingerprint density at radius 1 is 1.28 bits per heavy atom. The van der Waals surface area contributed by atoms with E-state index >= 15 is 0 Å². The van der Waals surface area contributed by atoms with E-state index in [4.69, 9.17) is 10.8 Å². The van der Waals surface area contributed by atoms with Crippen LogP contribution in [0, 0.1) is 0 Å². The van der Waals surface area contributed by atoms with Crippen molar-refractivity contribution in [1.29, 1.82) is 0 Å². The van der Waals surface area contributed by atoms with Crippen LogP contribution in [0.5, 0.6) is 0 Å². The molecule has 3 N–H and O–H groups in total. The average molecular weight is 259 g/mol. The lowest BCUT2D eigenvalue weighted by molar-refractivity contribution is -0.137. The second kappa shape index (κ2) is 9.70. The van der Waals surface area contributed by atoms with Crippen molar-refractivity contribution in [3.63, 3.8) is 0 Å². The first-order chi connectivity index (χ1) is 8.47. The summed E-state index contributed by atoms with van der Waals surface area (Å²) in [5.41, 5.74) is 4.98. The van der Waals surface area contributed by atoms with Crippen molar-refractivity contribution in [3.8, 4) is 0 Å². The number of carboxylic acids is 1. The van der Waals surface area contributed by atoms with Crippen molar-refractivity contribution < 1.29 is 14.7 Å². The molecule has 0 aromatic rings. The van der Waals surface area contributed by atoms with Gasteiger partial charge in [-0.2, -0.15) is 0 Å². The van der Waals surface area contributed by atoms with E-state index in [1.807, 2.05) is 11.9 Å². The fourth-order valence-electron chi connectivity index (χ4n) is 1.72. The van der Waals surface area contributed by atoms with Gasteiger partial charge in [0.1, 0.15) is 0 Å². The van der Waals surface area contributed by atoms with Crippen LogP contribution >= 0.6 is 0 Å². The average Bonchev–Trinajstić information content (AvgIpc) is 2.81. The molecule has 1 saturated heterocycles. The van der Waals surface area contributed by atoms with E-state index < -0.39 is 5.97 Å². The molecule has 1 heterocycles. The number of carboxylic acid groups (broad SMARTS) is 1. The van der Waals surface area contributed by atoms with Crippen molar-refractivity contribution in [3.05, 3.63) is 0 Å². The lowest BCUT2D eigenvalue weighted by Gasteiger charge is -2.12. The fourth-order valence-corrected chi connectivity index (χ4v) is 1.72. The van der Waals surface area contributed by atoms with Crippen LogP contribution in [0.2, 0.25) is 0 Å². The van der Waals surface area contributed by atoms with Crippen molar-refractivity contribution in [2.45, 2.75) is 32.6 Å². The number of primary amides is 1. The second-order valence-corrected chi connectivity index (χ2v) is 4.48. The van der Waals surface area contributed by atoms with E-state index in [2.05, 4.69) is 6.92 Å². The van der Waals surface area contributed by atoms with Gasteiger partial charge in [-0.3, -0.25) is 4.79 Å². The quantitative estimate of drug-likeness (QED) is 0.770. The summed E-state index contributed by atoms with van der Waals surface area (Å²) in [7, 11) is 1.94. The van der Waals surface area contributed by atoms with Crippen LogP contribution in [0.4, 0.5) is 4.79 Å². The molecule has 0 atom stereocenters. The maximum Gasteiger partial charge on any atom is 0.314 e. The summed E-state index contributed by atoms with van der Waals surface area (Å²) >= 11 is 0. The van der Waals surface area contributed by atoms with Crippen LogP contribution < -0.4 is 5.73 Å². The van der Waals surface area contributed by atoms with Gasteiger partial charge < -0.3 is 20.6 Å². The van der Waals surface area contributed by atoms with Crippen molar-refractivity contribution >= 4 is 12.0 Å². The number of nitrogens with zero attached hydrogens (tertiary/aromatic N) is 2. The van der Waals surface area contributed by atoms with Crippen LogP contribution in [0.15, 0.2) is 0 Å². The highest BCUT2D eigenvalue weighted by Crippen LogP contribution is 2.05. The Morgan fingerprint density at radius 2 is 1.83 bits per heavy atom. The SMILES string of the molecule is CCCN(C)CCC(=O)O.NC(=O)N1CCCC1. The first-order valence-electron chi connectivity index (χ1n) is 6.42. The molecule has 0 saturated carbocycles. The zero-order valence-electron chi connectivity index (χ0n) is 11.4.